The first kappa shape index (κ1) is 25.0. The van der Waals surface area contributed by atoms with Gasteiger partial charge < -0.3 is 19.7 Å². The Morgan fingerprint density at radius 2 is 2.23 bits per heavy atom. The third kappa shape index (κ3) is 7.18. The van der Waals surface area contributed by atoms with E-state index >= 15 is 0 Å². The van der Waals surface area contributed by atoms with Crippen LogP contribution in [0.2, 0.25) is 10.0 Å². The van der Waals surface area contributed by atoms with Crippen molar-refractivity contribution in [3.63, 3.8) is 0 Å². The van der Waals surface area contributed by atoms with Gasteiger partial charge in [-0.15, -0.1) is 24.0 Å². The topological polar surface area (TPSA) is 63.9 Å². The van der Waals surface area contributed by atoms with Crippen LogP contribution in [0, 0.1) is 0 Å². The molecule has 0 amide bonds. The molecule has 0 aliphatic carbocycles. The molecule has 10 heteroatoms. The van der Waals surface area contributed by atoms with E-state index in [2.05, 4.69) is 22.2 Å². The molecule has 1 fully saturated rings. The number of aryl methyl sites for hydroxylation is 1. The van der Waals surface area contributed by atoms with Crippen LogP contribution in [-0.2, 0) is 11.8 Å². The number of hydrogen-bond donors (Lipinski definition) is 1. The molecule has 3 rings (SSSR count). The van der Waals surface area contributed by atoms with Crippen LogP contribution < -0.4 is 10.1 Å². The number of hydrogen-bond acceptors (Lipinski definition) is 4. The molecule has 0 saturated carbocycles. The van der Waals surface area contributed by atoms with Crippen molar-refractivity contribution in [2.24, 2.45) is 12.0 Å². The fourth-order valence-corrected chi connectivity index (χ4v) is 3.56. The molecular formula is C20H28Cl2IN5O2. The molecule has 1 aromatic carbocycles. The van der Waals surface area contributed by atoms with Crippen molar-refractivity contribution < 1.29 is 9.47 Å². The van der Waals surface area contributed by atoms with Gasteiger partial charge in [0.1, 0.15) is 11.9 Å². The lowest BCUT2D eigenvalue weighted by Gasteiger charge is -2.34. The molecule has 0 radical (unpaired) electrons. The van der Waals surface area contributed by atoms with Crippen LogP contribution >= 0.6 is 47.2 Å². The molecule has 0 bridgehead atoms. The maximum absolute atomic E-state index is 6.13. The number of nitrogens with zero attached hydrogens (tertiary/aromatic N) is 4. The minimum Gasteiger partial charge on any atom is -0.492 e. The maximum atomic E-state index is 6.13. The molecular weight excluding hydrogens is 540 g/mol. The van der Waals surface area contributed by atoms with Crippen molar-refractivity contribution in [2.45, 2.75) is 19.4 Å². The highest BCUT2D eigenvalue weighted by atomic mass is 127. The normalized spacial score (nSPS) is 16.9. The molecule has 2 aromatic rings. The van der Waals surface area contributed by atoms with Crippen LogP contribution in [-0.4, -0.2) is 60.0 Å². The van der Waals surface area contributed by atoms with E-state index in [0.717, 1.165) is 37.6 Å². The number of nitrogens with one attached hydrogen (secondary N) is 1. The molecule has 7 nitrogen and oxygen atoms in total. The van der Waals surface area contributed by atoms with E-state index < -0.39 is 0 Å². The van der Waals surface area contributed by atoms with Gasteiger partial charge in [0.05, 0.1) is 31.0 Å². The van der Waals surface area contributed by atoms with E-state index in [1.54, 1.807) is 22.9 Å². The Labute approximate surface area is 204 Å². The molecule has 166 valence electrons. The maximum Gasteiger partial charge on any atom is 0.194 e. The highest BCUT2D eigenvalue weighted by Crippen LogP contribution is 2.27. The molecule has 1 aromatic heterocycles. The second kappa shape index (κ2) is 12.6. The highest BCUT2D eigenvalue weighted by molar-refractivity contribution is 14.0. The molecule has 2 heterocycles. The van der Waals surface area contributed by atoms with Gasteiger partial charge in [0.15, 0.2) is 5.96 Å². The average Bonchev–Trinajstić information content (AvgIpc) is 3.15. The van der Waals surface area contributed by atoms with Gasteiger partial charge in [0, 0.05) is 49.9 Å². The van der Waals surface area contributed by atoms with Gasteiger partial charge in [-0.1, -0.05) is 23.2 Å². The van der Waals surface area contributed by atoms with Crippen LogP contribution in [0.25, 0.3) is 0 Å². The third-order valence-corrected chi connectivity index (χ3v) is 5.04. The fraction of sp³-hybridized carbons (Fsp3) is 0.500. The molecule has 1 unspecified atom stereocenters. The second-order valence-corrected chi connectivity index (χ2v) is 7.61. The molecule has 1 aliphatic heterocycles. The quantitative estimate of drug-likeness (QED) is 0.236. The molecule has 1 atom stereocenters. The Hall–Kier alpha value is -1.23. The van der Waals surface area contributed by atoms with Gasteiger partial charge in [-0.2, -0.15) is 5.10 Å². The molecule has 1 aliphatic rings. The summed E-state index contributed by atoms with van der Waals surface area (Å²) in [6.07, 6.45) is 4.63. The zero-order valence-electron chi connectivity index (χ0n) is 17.2. The summed E-state index contributed by atoms with van der Waals surface area (Å²) in [5.41, 5.74) is 1.08. The van der Waals surface area contributed by atoms with Crippen LogP contribution in [0.4, 0.5) is 0 Å². The van der Waals surface area contributed by atoms with Crippen molar-refractivity contribution in [3.05, 3.63) is 46.2 Å². The summed E-state index contributed by atoms with van der Waals surface area (Å²) in [6, 6.07) is 5.22. The molecule has 30 heavy (non-hydrogen) atoms. The smallest absolute Gasteiger partial charge is 0.194 e. The molecule has 1 N–H and O–H groups in total. The predicted molar refractivity (Wildman–Crippen MR) is 131 cm³/mol. The monoisotopic (exact) mass is 567 g/mol. The number of benzene rings is 1. The number of aromatic nitrogens is 2. The molecule has 0 spiro atoms. The van der Waals surface area contributed by atoms with Crippen molar-refractivity contribution in [1.29, 1.82) is 0 Å². The van der Waals surface area contributed by atoms with Crippen molar-refractivity contribution in [1.82, 2.24) is 20.0 Å². The van der Waals surface area contributed by atoms with Gasteiger partial charge in [0.2, 0.25) is 0 Å². The summed E-state index contributed by atoms with van der Waals surface area (Å²) in [5.74, 6) is 1.54. The summed E-state index contributed by atoms with van der Waals surface area (Å²) < 4.78 is 13.5. The van der Waals surface area contributed by atoms with Crippen LogP contribution in [0.15, 0.2) is 35.6 Å². The number of ether oxygens (including phenoxy) is 2. The number of guanidine groups is 1. The lowest BCUT2D eigenvalue weighted by Crippen LogP contribution is -2.48. The number of rotatable bonds is 7. The fourth-order valence-electron chi connectivity index (χ4n) is 3.10. The van der Waals surface area contributed by atoms with Gasteiger partial charge >= 0.3 is 0 Å². The Kier molecular flexibility index (Phi) is 10.5. The largest absolute Gasteiger partial charge is 0.492 e. The zero-order valence-corrected chi connectivity index (χ0v) is 21.0. The van der Waals surface area contributed by atoms with E-state index in [1.807, 2.05) is 19.4 Å². The van der Waals surface area contributed by atoms with E-state index in [4.69, 9.17) is 37.7 Å². The van der Waals surface area contributed by atoms with E-state index in [0.29, 0.717) is 35.6 Å². The lowest BCUT2D eigenvalue weighted by molar-refractivity contribution is -0.00804. The second-order valence-electron chi connectivity index (χ2n) is 6.77. The SMILES string of the molecule is CCNC(=NCCCOc1ccc(Cl)cc1Cl)N1CCOC(c2cnn(C)c2)C1.I. The standard InChI is InChI=1S/C20H27Cl2N5O2.HI/c1-3-23-20(24-7-4-9-28-18-6-5-16(21)11-17(18)22)27-8-10-29-19(14-27)15-12-25-26(2)13-15;/h5-6,11-13,19H,3-4,7-10,14H2,1-2H3,(H,23,24);1H. The first-order chi connectivity index (χ1) is 14.1. The number of morpholine rings is 1. The minimum atomic E-state index is -0.00307. The summed E-state index contributed by atoms with van der Waals surface area (Å²) in [7, 11) is 1.91. The third-order valence-electron chi connectivity index (χ3n) is 4.51. The molecule has 1 saturated heterocycles. The predicted octanol–water partition coefficient (Wildman–Crippen LogP) is 4.15. The lowest BCUT2D eigenvalue weighted by atomic mass is 10.1. The van der Waals surface area contributed by atoms with E-state index in [-0.39, 0.29) is 30.1 Å². The minimum absolute atomic E-state index is 0. The Morgan fingerprint density at radius 3 is 2.93 bits per heavy atom. The number of aliphatic imine (C=N–C) groups is 1. The average molecular weight is 568 g/mol. The number of halogens is 3. The van der Waals surface area contributed by atoms with Crippen molar-refractivity contribution in [3.8, 4) is 5.75 Å². The van der Waals surface area contributed by atoms with Crippen LogP contribution in [0.3, 0.4) is 0 Å². The highest BCUT2D eigenvalue weighted by Gasteiger charge is 2.25. The van der Waals surface area contributed by atoms with Crippen LogP contribution in [0.1, 0.15) is 25.0 Å². The van der Waals surface area contributed by atoms with Gasteiger partial charge in [0.25, 0.3) is 0 Å². The Balaban J connectivity index is 0.00000320. The Morgan fingerprint density at radius 1 is 1.40 bits per heavy atom. The first-order valence-corrected chi connectivity index (χ1v) is 10.5. The van der Waals surface area contributed by atoms with Crippen molar-refractivity contribution in [2.75, 3.05) is 39.4 Å². The van der Waals surface area contributed by atoms with Crippen LogP contribution in [0.5, 0.6) is 5.75 Å². The van der Waals surface area contributed by atoms with E-state index in [1.165, 1.54) is 0 Å². The summed E-state index contributed by atoms with van der Waals surface area (Å²) in [5, 5.41) is 8.73. The Bertz CT molecular complexity index is 833. The zero-order chi connectivity index (χ0) is 20.6. The van der Waals surface area contributed by atoms with Gasteiger partial charge in [-0.3, -0.25) is 9.67 Å². The van der Waals surface area contributed by atoms with E-state index in [9.17, 15) is 0 Å². The summed E-state index contributed by atoms with van der Waals surface area (Å²) in [4.78, 5) is 7.00. The van der Waals surface area contributed by atoms with Gasteiger partial charge in [-0.25, -0.2) is 0 Å². The first-order valence-electron chi connectivity index (χ1n) is 9.78. The summed E-state index contributed by atoms with van der Waals surface area (Å²) >= 11 is 12.0. The van der Waals surface area contributed by atoms with Crippen molar-refractivity contribution >= 4 is 53.1 Å². The van der Waals surface area contributed by atoms with Gasteiger partial charge in [-0.05, 0) is 25.1 Å². The summed E-state index contributed by atoms with van der Waals surface area (Å²) in [6.45, 7) is 6.27.